The normalized spacial score (nSPS) is 28.7. The fourth-order valence-electron chi connectivity index (χ4n) is 3.39. The smallest absolute Gasteiger partial charge is 0.224 e. The number of amides is 1. The summed E-state index contributed by atoms with van der Waals surface area (Å²) in [7, 11) is 0. The van der Waals surface area contributed by atoms with Gasteiger partial charge in [0.15, 0.2) is 0 Å². The Balaban J connectivity index is 1.54. The minimum Gasteiger partial charge on any atom is -0.350 e. The molecule has 0 bridgehead atoms. The van der Waals surface area contributed by atoms with Gasteiger partial charge in [-0.1, -0.05) is 12.1 Å². The maximum absolute atomic E-state index is 13.3. The monoisotopic (exact) mass is 320 g/mol. The molecular formula is C17H25FN4O. The molecule has 2 saturated heterocycles. The number of rotatable bonds is 4. The number of hydrogen-bond donors (Lipinski definition) is 3. The van der Waals surface area contributed by atoms with Crippen LogP contribution in [-0.2, 0) is 11.3 Å². The van der Waals surface area contributed by atoms with Gasteiger partial charge in [-0.05, 0) is 44.0 Å². The summed E-state index contributed by atoms with van der Waals surface area (Å²) >= 11 is 0. The van der Waals surface area contributed by atoms with Gasteiger partial charge in [-0.25, -0.2) is 4.39 Å². The maximum atomic E-state index is 13.3. The molecule has 126 valence electrons. The van der Waals surface area contributed by atoms with Crippen molar-refractivity contribution in [2.24, 2.45) is 5.92 Å². The lowest BCUT2D eigenvalue weighted by Crippen LogP contribution is -2.49. The molecule has 3 unspecified atom stereocenters. The van der Waals surface area contributed by atoms with E-state index in [-0.39, 0.29) is 29.7 Å². The fraction of sp³-hybridized carbons (Fsp3) is 0.588. The third-order valence-corrected chi connectivity index (χ3v) is 4.75. The number of hydrogen-bond acceptors (Lipinski definition) is 4. The average Bonchev–Trinajstić information content (AvgIpc) is 2.93. The van der Waals surface area contributed by atoms with Gasteiger partial charge in [0.1, 0.15) is 5.82 Å². The van der Waals surface area contributed by atoms with Crippen molar-refractivity contribution in [2.45, 2.75) is 38.4 Å². The van der Waals surface area contributed by atoms with E-state index in [1.54, 1.807) is 12.1 Å². The summed E-state index contributed by atoms with van der Waals surface area (Å²) in [5.41, 5.74) is 7.14. The first-order valence-corrected chi connectivity index (χ1v) is 8.37. The first-order valence-electron chi connectivity index (χ1n) is 8.37. The molecule has 2 aliphatic rings. The minimum absolute atomic E-state index is 0.0186. The van der Waals surface area contributed by atoms with E-state index in [1.165, 1.54) is 6.07 Å². The van der Waals surface area contributed by atoms with Crippen LogP contribution in [0.15, 0.2) is 24.3 Å². The largest absolute Gasteiger partial charge is 0.350 e. The van der Waals surface area contributed by atoms with Crippen LogP contribution in [0.2, 0.25) is 0 Å². The van der Waals surface area contributed by atoms with Crippen molar-refractivity contribution in [3.8, 4) is 0 Å². The van der Waals surface area contributed by atoms with Crippen LogP contribution >= 0.6 is 0 Å². The van der Waals surface area contributed by atoms with E-state index in [2.05, 4.69) is 28.0 Å². The fourth-order valence-corrected chi connectivity index (χ4v) is 3.39. The van der Waals surface area contributed by atoms with Gasteiger partial charge in [-0.2, -0.15) is 0 Å². The lowest BCUT2D eigenvalue weighted by molar-refractivity contribution is -0.127. The van der Waals surface area contributed by atoms with Gasteiger partial charge in [0, 0.05) is 25.7 Å². The van der Waals surface area contributed by atoms with Gasteiger partial charge < -0.3 is 5.32 Å². The second-order valence-electron chi connectivity index (χ2n) is 6.63. The van der Waals surface area contributed by atoms with Crippen molar-refractivity contribution in [1.29, 1.82) is 0 Å². The molecule has 0 spiro atoms. The highest BCUT2D eigenvalue weighted by atomic mass is 19.1. The first-order chi connectivity index (χ1) is 11.1. The summed E-state index contributed by atoms with van der Waals surface area (Å²) in [5.74, 6) is -0.0505. The second kappa shape index (κ2) is 7.38. The zero-order chi connectivity index (χ0) is 16.2. The van der Waals surface area contributed by atoms with Crippen LogP contribution in [0.1, 0.15) is 25.3 Å². The van der Waals surface area contributed by atoms with E-state index in [0.29, 0.717) is 6.54 Å². The van der Waals surface area contributed by atoms with Gasteiger partial charge in [0.2, 0.25) is 5.91 Å². The van der Waals surface area contributed by atoms with E-state index < -0.39 is 0 Å². The van der Waals surface area contributed by atoms with Crippen molar-refractivity contribution in [3.05, 3.63) is 35.6 Å². The van der Waals surface area contributed by atoms with E-state index in [1.807, 2.05) is 6.07 Å². The summed E-state index contributed by atoms with van der Waals surface area (Å²) in [6.07, 6.45) is 1.93. The zero-order valence-electron chi connectivity index (χ0n) is 13.5. The predicted octanol–water partition coefficient (Wildman–Crippen LogP) is 1.02. The van der Waals surface area contributed by atoms with E-state index in [4.69, 9.17) is 0 Å². The molecule has 2 aliphatic heterocycles. The number of nitrogens with zero attached hydrogens (tertiary/aromatic N) is 1. The van der Waals surface area contributed by atoms with Crippen LogP contribution < -0.4 is 16.2 Å². The molecule has 5 nitrogen and oxygen atoms in total. The zero-order valence-corrected chi connectivity index (χ0v) is 13.5. The van der Waals surface area contributed by atoms with Crippen LogP contribution in [0.25, 0.3) is 0 Å². The third-order valence-electron chi connectivity index (χ3n) is 4.75. The molecule has 1 aromatic rings. The van der Waals surface area contributed by atoms with Crippen LogP contribution in [0.3, 0.4) is 0 Å². The number of carbonyl (C=O) groups is 1. The molecule has 0 aliphatic carbocycles. The molecule has 6 heteroatoms. The van der Waals surface area contributed by atoms with Gasteiger partial charge in [-0.3, -0.25) is 20.5 Å². The summed E-state index contributed by atoms with van der Waals surface area (Å²) in [6.45, 7) is 5.22. The highest BCUT2D eigenvalue weighted by Crippen LogP contribution is 2.19. The van der Waals surface area contributed by atoms with E-state index in [0.717, 1.165) is 38.0 Å². The van der Waals surface area contributed by atoms with Crippen molar-refractivity contribution in [3.63, 3.8) is 0 Å². The van der Waals surface area contributed by atoms with Gasteiger partial charge in [0.05, 0.1) is 12.0 Å². The Bertz CT molecular complexity index is 553. The number of nitrogens with one attached hydrogen (secondary N) is 3. The minimum atomic E-state index is -0.205. The molecular weight excluding hydrogens is 295 g/mol. The number of piperidine rings is 1. The third kappa shape index (κ3) is 4.28. The average molecular weight is 320 g/mol. The second-order valence-corrected chi connectivity index (χ2v) is 6.63. The van der Waals surface area contributed by atoms with Gasteiger partial charge in [-0.15, -0.1) is 0 Å². The SMILES string of the molecule is CC1NNCC1NC(=O)C1CCCN(Cc2cccc(F)c2)C1. The lowest BCUT2D eigenvalue weighted by Gasteiger charge is -2.32. The molecule has 3 atom stereocenters. The molecule has 23 heavy (non-hydrogen) atoms. The van der Waals surface area contributed by atoms with Crippen molar-refractivity contribution in [1.82, 2.24) is 21.1 Å². The molecule has 2 heterocycles. The number of halogens is 1. The topological polar surface area (TPSA) is 56.4 Å². The summed E-state index contributed by atoms with van der Waals surface area (Å²) < 4.78 is 13.3. The standard InChI is InChI=1S/C17H25FN4O/c1-12-16(9-19-21-12)20-17(23)14-5-3-7-22(11-14)10-13-4-2-6-15(18)8-13/h2,4,6,8,12,14,16,19,21H,3,5,7,9-11H2,1H3,(H,20,23). The van der Waals surface area contributed by atoms with Gasteiger partial charge in [0.25, 0.3) is 0 Å². The molecule has 2 fully saturated rings. The van der Waals surface area contributed by atoms with E-state index in [9.17, 15) is 9.18 Å². The molecule has 1 amide bonds. The summed E-state index contributed by atoms with van der Waals surface area (Å²) in [6, 6.07) is 7.08. The Morgan fingerprint density at radius 2 is 2.35 bits per heavy atom. The molecule has 1 aromatic carbocycles. The molecule has 0 aromatic heterocycles. The predicted molar refractivity (Wildman–Crippen MR) is 86.9 cm³/mol. The van der Waals surface area contributed by atoms with Crippen molar-refractivity contribution >= 4 is 5.91 Å². The molecule has 3 N–H and O–H groups in total. The lowest BCUT2D eigenvalue weighted by atomic mass is 9.96. The Morgan fingerprint density at radius 1 is 1.48 bits per heavy atom. The Morgan fingerprint density at radius 3 is 3.09 bits per heavy atom. The van der Waals surface area contributed by atoms with Crippen LogP contribution in [0.5, 0.6) is 0 Å². The summed E-state index contributed by atoms with van der Waals surface area (Å²) in [5, 5.41) is 3.14. The van der Waals surface area contributed by atoms with Crippen molar-refractivity contribution < 1.29 is 9.18 Å². The molecule has 0 saturated carbocycles. The number of hydrazine groups is 1. The summed E-state index contributed by atoms with van der Waals surface area (Å²) in [4.78, 5) is 14.7. The number of carbonyl (C=O) groups excluding carboxylic acids is 1. The Labute approximate surface area is 136 Å². The van der Waals surface area contributed by atoms with Gasteiger partial charge >= 0.3 is 0 Å². The van der Waals surface area contributed by atoms with Crippen molar-refractivity contribution in [2.75, 3.05) is 19.6 Å². The molecule has 3 rings (SSSR count). The highest BCUT2D eigenvalue weighted by Gasteiger charge is 2.30. The van der Waals surface area contributed by atoms with Crippen LogP contribution in [-0.4, -0.2) is 42.5 Å². The van der Waals surface area contributed by atoms with Crippen LogP contribution in [0.4, 0.5) is 4.39 Å². The van der Waals surface area contributed by atoms with Crippen LogP contribution in [0, 0.1) is 11.7 Å². The Kier molecular flexibility index (Phi) is 5.25. The number of benzene rings is 1. The Hall–Kier alpha value is -1.50. The number of likely N-dealkylation sites (tertiary alicyclic amines) is 1. The molecule has 0 radical (unpaired) electrons. The quantitative estimate of drug-likeness (QED) is 0.775. The van der Waals surface area contributed by atoms with E-state index >= 15 is 0 Å². The maximum Gasteiger partial charge on any atom is 0.224 e. The first kappa shape index (κ1) is 16.4. The highest BCUT2D eigenvalue weighted by molar-refractivity contribution is 5.79.